The lowest BCUT2D eigenvalue weighted by atomic mass is 10.1. The van der Waals surface area contributed by atoms with Crippen molar-refractivity contribution < 1.29 is 4.79 Å². The van der Waals surface area contributed by atoms with Gasteiger partial charge in [0, 0.05) is 61.9 Å². The maximum Gasteiger partial charge on any atom is 0.253 e. The molecular weight excluding hydrogens is 398 g/mol. The molecule has 7 heteroatoms. The summed E-state index contributed by atoms with van der Waals surface area (Å²) in [6, 6.07) is 13.6. The molecule has 0 radical (unpaired) electrons. The fourth-order valence-electron chi connectivity index (χ4n) is 3.34. The predicted octanol–water partition coefficient (Wildman–Crippen LogP) is 3.47. The molecule has 0 atom stereocenters. The van der Waals surface area contributed by atoms with E-state index in [4.69, 9.17) is 11.6 Å². The van der Waals surface area contributed by atoms with Crippen LogP contribution in [0.5, 0.6) is 0 Å². The van der Waals surface area contributed by atoms with Gasteiger partial charge in [-0.1, -0.05) is 23.7 Å². The molecular formula is C23H28ClN5O. The molecule has 0 saturated carbocycles. The molecule has 1 aromatic heterocycles. The van der Waals surface area contributed by atoms with Crippen molar-refractivity contribution in [2.75, 3.05) is 34.2 Å². The van der Waals surface area contributed by atoms with Gasteiger partial charge in [0.1, 0.15) is 0 Å². The van der Waals surface area contributed by atoms with Crippen molar-refractivity contribution in [3.63, 3.8) is 0 Å². The van der Waals surface area contributed by atoms with Crippen molar-refractivity contribution in [1.29, 1.82) is 0 Å². The number of benzene rings is 2. The van der Waals surface area contributed by atoms with Crippen LogP contribution in [0, 0.1) is 0 Å². The first kappa shape index (κ1) is 21.7. The van der Waals surface area contributed by atoms with E-state index in [2.05, 4.69) is 20.6 Å². The molecule has 0 fully saturated rings. The van der Waals surface area contributed by atoms with Gasteiger partial charge in [0.25, 0.3) is 5.91 Å². The van der Waals surface area contributed by atoms with Gasteiger partial charge in [0.15, 0.2) is 5.96 Å². The maximum atomic E-state index is 12.1. The van der Waals surface area contributed by atoms with E-state index in [1.165, 1.54) is 5.56 Å². The van der Waals surface area contributed by atoms with Gasteiger partial charge in [-0.3, -0.25) is 9.79 Å². The number of carbonyl (C=O) groups excluding carboxylic acids is 1. The van der Waals surface area contributed by atoms with E-state index in [0.29, 0.717) is 5.56 Å². The largest absolute Gasteiger partial charge is 0.361 e. The van der Waals surface area contributed by atoms with Crippen molar-refractivity contribution in [2.24, 2.45) is 4.99 Å². The molecule has 0 aliphatic carbocycles. The molecule has 0 aliphatic heterocycles. The number of carbonyl (C=O) groups is 1. The number of nitrogens with zero attached hydrogens (tertiary/aromatic N) is 2. The van der Waals surface area contributed by atoms with E-state index < -0.39 is 0 Å². The van der Waals surface area contributed by atoms with E-state index in [1.807, 2.05) is 48.7 Å². The number of hydrogen-bond acceptors (Lipinski definition) is 2. The summed E-state index contributed by atoms with van der Waals surface area (Å²) in [5.41, 5.74) is 4.13. The number of aromatic nitrogens is 1. The van der Waals surface area contributed by atoms with E-state index in [1.54, 1.807) is 26.0 Å². The van der Waals surface area contributed by atoms with Crippen LogP contribution in [0.25, 0.3) is 10.9 Å². The minimum Gasteiger partial charge on any atom is -0.361 e. The number of nitrogens with one attached hydrogen (secondary N) is 3. The van der Waals surface area contributed by atoms with Crippen LogP contribution in [0.15, 0.2) is 53.7 Å². The van der Waals surface area contributed by atoms with Gasteiger partial charge in [-0.05, 0) is 54.3 Å². The molecule has 3 N–H and O–H groups in total. The summed E-state index contributed by atoms with van der Waals surface area (Å²) in [6.07, 6.45) is 3.69. The second-order valence-corrected chi connectivity index (χ2v) is 7.77. The van der Waals surface area contributed by atoms with E-state index in [0.717, 1.165) is 53.4 Å². The van der Waals surface area contributed by atoms with Crippen molar-refractivity contribution >= 4 is 34.4 Å². The van der Waals surface area contributed by atoms with Crippen LogP contribution in [-0.4, -0.2) is 56.0 Å². The smallest absolute Gasteiger partial charge is 0.253 e. The highest BCUT2D eigenvalue weighted by Gasteiger charge is 2.08. The highest BCUT2D eigenvalue weighted by atomic mass is 35.5. The van der Waals surface area contributed by atoms with E-state index >= 15 is 0 Å². The number of fused-ring (bicyclic) bond motifs is 1. The Morgan fingerprint density at radius 3 is 2.60 bits per heavy atom. The molecule has 0 aliphatic rings. The zero-order valence-electron chi connectivity index (χ0n) is 17.6. The number of halogens is 1. The third kappa shape index (κ3) is 5.54. The Balaban J connectivity index is 1.48. The number of hydrogen-bond donors (Lipinski definition) is 3. The van der Waals surface area contributed by atoms with Gasteiger partial charge in [0.2, 0.25) is 0 Å². The molecule has 158 valence electrons. The summed E-state index contributed by atoms with van der Waals surface area (Å²) in [6.45, 7) is 1.48. The Labute approximate surface area is 182 Å². The third-order valence-electron chi connectivity index (χ3n) is 4.93. The molecule has 3 aromatic rings. The zero-order chi connectivity index (χ0) is 21.5. The molecule has 0 saturated heterocycles. The van der Waals surface area contributed by atoms with Gasteiger partial charge in [-0.25, -0.2) is 0 Å². The lowest BCUT2D eigenvalue weighted by Crippen LogP contribution is -2.39. The topological polar surface area (TPSA) is 72.5 Å². The predicted molar refractivity (Wildman–Crippen MR) is 125 cm³/mol. The van der Waals surface area contributed by atoms with E-state index in [-0.39, 0.29) is 5.91 Å². The molecule has 0 bridgehead atoms. The Kier molecular flexibility index (Phi) is 7.36. The number of guanidine groups is 1. The fourth-order valence-corrected chi connectivity index (χ4v) is 3.51. The second kappa shape index (κ2) is 10.2. The van der Waals surface area contributed by atoms with Gasteiger partial charge in [-0.2, -0.15) is 0 Å². The Morgan fingerprint density at radius 2 is 1.87 bits per heavy atom. The van der Waals surface area contributed by atoms with Crippen LogP contribution >= 0.6 is 11.6 Å². The Morgan fingerprint density at radius 1 is 1.10 bits per heavy atom. The van der Waals surface area contributed by atoms with Crippen LogP contribution in [0.3, 0.4) is 0 Å². The molecule has 3 rings (SSSR count). The minimum atomic E-state index is 0.0147. The Bertz CT molecular complexity index is 1040. The summed E-state index contributed by atoms with van der Waals surface area (Å²) in [5.74, 6) is 0.772. The molecule has 6 nitrogen and oxygen atoms in total. The first-order valence-corrected chi connectivity index (χ1v) is 10.4. The number of amides is 1. The number of aliphatic imine (C=N–C) groups is 1. The van der Waals surface area contributed by atoms with Crippen molar-refractivity contribution in [1.82, 2.24) is 20.5 Å². The van der Waals surface area contributed by atoms with Crippen molar-refractivity contribution in [2.45, 2.75) is 12.8 Å². The number of H-pyrrole nitrogens is 1. The standard InChI is InChI=1S/C23H28ClN5O/c1-25-23(26-11-9-16-5-4-6-17(13-16)22(30)29(2)3)27-12-10-18-15-28-21-8-7-19(24)14-20(18)21/h4-8,13-15,28H,9-12H2,1-3H3,(H2,25,26,27). The first-order chi connectivity index (χ1) is 14.5. The van der Waals surface area contributed by atoms with E-state index in [9.17, 15) is 4.79 Å². The SMILES string of the molecule is CN=C(NCCc1cccc(C(=O)N(C)C)c1)NCCc1c[nH]c2ccc(Cl)cc12. The van der Waals surface area contributed by atoms with Crippen LogP contribution in [0.2, 0.25) is 5.02 Å². The lowest BCUT2D eigenvalue weighted by Gasteiger charge is -2.13. The number of rotatable bonds is 7. The summed E-state index contributed by atoms with van der Waals surface area (Å²) >= 11 is 6.12. The Hall–Kier alpha value is -2.99. The monoisotopic (exact) mass is 425 g/mol. The zero-order valence-corrected chi connectivity index (χ0v) is 18.4. The van der Waals surface area contributed by atoms with Crippen molar-refractivity contribution in [3.8, 4) is 0 Å². The highest BCUT2D eigenvalue weighted by Crippen LogP contribution is 2.22. The average Bonchev–Trinajstić information content (AvgIpc) is 3.14. The molecule has 1 amide bonds. The van der Waals surface area contributed by atoms with Crippen LogP contribution in [0.4, 0.5) is 0 Å². The first-order valence-electron chi connectivity index (χ1n) is 9.98. The van der Waals surface area contributed by atoms with Crippen LogP contribution in [-0.2, 0) is 12.8 Å². The summed E-state index contributed by atoms with van der Waals surface area (Å²) in [4.78, 5) is 21.3. The fraction of sp³-hybridized carbons (Fsp3) is 0.304. The van der Waals surface area contributed by atoms with Gasteiger partial charge < -0.3 is 20.5 Å². The normalized spacial score (nSPS) is 11.5. The minimum absolute atomic E-state index is 0.0147. The quantitative estimate of drug-likeness (QED) is 0.401. The molecule has 1 heterocycles. The summed E-state index contributed by atoms with van der Waals surface area (Å²) in [7, 11) is 5.28. The van der Waals surface area contributed by atoms with Crippen molar-refractivity contribution in [3.05, 3.63) is 70.4 Å². The second-order valence-electron chi connectivity index (χ2n) is 7.33. The molecule has 30 heavy (non-hydrogen) atoms. The highest BCUT2D eigenvalue weighted by molar-refractivity contribution is 6.31. The van der Waals surface area contributed by atoms with Gasteiger partial charge in [-0.15, -0.1) is 0 Å². The molecule has 0 spiro atoms. The molecule has 0 unspecified atom stereocenters. The van der Waals surface area contributed by atoms with Gasteiger partial charge >= 0.3 is 0 Å². The maximum absolute atomic E-state index is 12.1. The van der Waals surface area contributed by atoms with Crippen LogP contribution < -0.4 is 10.6 Å². The third-order valence-corrected chi connectivity index (χ3v) is 5.16. The van der Waals surface area contributed by atoms with Gasteiger partial charge in [0.05, 0.1) is 0 Å². The average molecular weight is 426 g/mol. The van der Waals surface area contributed by atoms with Crippen LogP contribution in [0.1, 0.15) is 21.5 Å². The number of aromatic amines is 1. The summed E-state index contributed by atoms with van der Waals surface area (Å²) < 4.78 is 0. The summed E-state index contributed by atoms with van der Waals surface area (Å²) in [5, 5.41) is 8.57. The molecule has 2 aromatic carbocycles. The lowest BCUT2D eigenvalue weighted by molar-refractivity contribution is 0.0827.